The van der Waals surface area contributed by atoms with Crippen LogP contribution in [0.15, 0.2) is 100 Å². The number of thiol groups is 1. The molecule has 3 aliphatic rings. The van der Waals surface area contributed by atoms with Crippen LogP contribution in [0.5, 0.6) is 11.5 Å². The number of nitrogens with one attached hydrogen (secondary N) is 3. The van der Waals surface area contributed by atoms with Gasteiger partial charge >= 0.3 is 18.0 Å². The zero-order valence-electron chi connectivity index (χ0n) is 38.9. The maximum absolute atomic E-state index is 14.1. The number of benzene rings is 5. The number of hydrogen-bond donors (Lipinski definition) is 9. The van der Waals surface area contributed by atoms with Crippen LogP contribution in [0.2, 0.25) is 0 Å². The third-order valence-corrected chi connectivity index (χ3v) is 13.0. The number of aromatic hydroxyl groups is 2. The number of fused-ring (bicyclic) bond motifs is 3. The summed E-state index contributed by atoms with van der Waals surface area (Å²) in [5, 5.41) is 48.7. The molecule has 1 aliphatic carbocycles. The first kappa shape index (κ1) is 51.0. The Morgan fingerprint density at radius 2 is 1.52 bits per heavy atom. The molecule has 0 saturated heterocycles. The van der Waals surface area contributed by atoms with Crippen LogP contribution in [0.25, 0.3) is 33.4 Å². The van der Waals surface area contributed by atoms with E-state index in [0.717, 1.165) is 32.1 Å². The predicted octanol–water partition coefficient (Wildman–Crippen LogP) is 5.81. The molecule has 71 heavy (non-hydrogen) atoms. The summed E-state index contributed by atoms with van der Waals surface area (Å²) >= 11 is 4.35. The molecule has 0 fully saturated rings. The number of phenolic OH excluding ortho intramolecular Hbond substituents is 2. The summed E-state index contributed by atoms with van der Waals surface area (Å²) in [6.45, 7) is 4.08. The highest BCUT2D eigenvalue weighted by Gasteiger charge is 2.38. The molecule has 5 amide bonds. The average molecular weight is 987 g/mol. The number of carboxylic acid groups (broad SMARTS) is 2. The highest BCUT2D eigenvalue weighted by atomic mass is 32.1. The number of aliphatic carboxylic acids is 1. The molecule has 4 aromatic carbocycles. The van der Waals surface area contributed by atoms with Gasteiger partial charge in [-0.1, -0.05) is 43.1 Å². The van der Waals surface area contributed by atoms with E-state index in [1.165, 1.54) is 53.4 Å². The molecular formula is C52H54N6O12S. The standard InChI is InChI=1S/C52H54N6O12S/c1-28-20-35(61)21-29(2)39(28)26-41(53)50(66)57-27-31-9-5-4-8-30(31)22-43(57)49(65)56-42(16-17-46(62)63)48(64)54-18-6-3-7-19-55-52(69)58(71)32-10-13-36(40(23-32)51(67)68)47-37-14-11-33(59)24-44(37)70-45-25-34(60)12-15-38(45)47/h4-5,8-15,20-21,23-25,41-43,59,61,71H,3,6-7,16-19,22,26-27,53H2,1-2H3,(H,54,64)(H,55,69)(H,56,65)(H,62,63)(H,67,68). The minimum atomic E-state index is -1.30. The normalized spacial score (nSPS) is 14.0. The van der Waals surface area contributed by atoms with Crippen LogP contribution in [0.4, 0.5) is 10.5 Å². The Kier molecular flexibility index (Phi) is 16.0. The second-order valence-electron chi connectivity index (χ2n) is 17.6. The van der Waals surface area contributed by atoms with Gasteiger partial charge in [0.25, 0.3) is 0 Å². The Balaban J connectivity index is 0.936. The summed E-state index contributed by atoms with van der Waals surface area (Å²) in [6, 6.07) is 19.5. The van der Waals surface area contributed by atoms with Crippen molar-refractivity contribution in [1.82, 2.24) is 20.9 Å². The van der Waals surface area contributed by atoms with Crippen molar-refractivity contribution in [2.45, 2.75) is 83.5 Å². The van der Waals surface area contributed by atoms with E-state index in [-0.39, 0.29) is 84.0 Å². The molecule has 4 aromatic rings. The molecule has 0 bridgehead atoms. The fraction of sp³-hybridized carbons (Fsp3) is 0.288. The molecule has 0 spiro atoms. The van der Waals surface area contributed by atoms with Crippen LogP contribution < -0.4 is 31.4 Å². The lowest BCUT2D eigenvalue weighted by atomic mass is 9.90. The van der Waals surface area contributed by atoms with E-state index < -0.39 is 60.2 Å². The molecule has 0 radical (unpaired) electrons. The first-order valence-electron chi connectivity index (χ1n) is 23.0. The number of rotatable bonds is 18. The first-order chi connectivity index (χ1) is 33.9. The second kappa shape index (κ2) is 22.2. The van der Waals surface area contributed by atoms with Gasteiger partial charge in [-0.25, -0.2) is 13.9 Å². The summed E-state index contributed by atoms with van der Waals surface area (Å²) < 4.78 is 6.86. The largest absolute Gasteiger partial charge is 0.508 e. The number of carbonyl (C=O) groups excluding carboxylic acids is 4. The van der Waals surface area contributed by atoms with Gasteiger partial charge in [-0.15, -0.1) is 0 Å². The molecule has 3 atom stereocenters. The summed E-state index contributed by atoms with van der Waals surface area (Å²) in [4.78, 5) is 92.7. The number of unbranched alkanes of at least 4 members (excludes halogenated alkanes) is 2. The van der Waals surface area contributed by atoms with Crippen molar-refractivity contribution in [1.29, 1.82) is 0 Å². The monoisotopic (exact) mass is 986 g/mol. The zero-order valence-corrected chi connectivity index (χ0v) is 39.8. The van der Waals surface area contributed by atoms with Crippen LogP contribution in [0.3, 0.4) is 0 Å². The molecule has 9 N–H and O–H groups in total. The van der Waals surface area contributed by atoms with Crippen molar-refractivity contribution in [3.05, 3.63) is 135 Å². The molecule has 7 rings (SSSR count). The molecule has 370 valence electrons. The highest BCUT2D eigenvalue weighted by molar-refractivity contribution is 7.82. The number of amides is 5. The van der Waals surface area contributed by atoms with Crippen molar-refractivity contribution in [2.75, 3.05) is 17.4 Å². The Bertz CT molecular complexity index is 3040. The van der Waals surface area contributed by atoms with Gasteiger partial charge in [-0.3, -0.25) is 24.0 Å². The van der Waals surface area contributed by atoms with Crippen LogP contribution in [0, 0.1) is 13.8 Å². The number of nitrogens with two attached hydrogens (primary N) is 1. The van der Waals surface area contributed by atoms with E-state index in [0.29, 0.717) is 35.8 Å². The van der Waals surface area contributed by atoms with E-state index >= 15 is 0 Å². The van der Waals surface area contributed by atoms with Crippen molar-refractivity contribution in [2.24, 2.45) is 5.73 Å². The van der Waals surface area contributed by atoms with Crippen LogP contribution >= 0.6 is 12.8 Å². The quantitative estimate of drug-likeness (QED) is 0.0280. The van der Waals surface area contributed by atoms with Gasteiger partial charge in [0.15, 0.2) is 5.43 Å². The number of aromatic carboxylic acids is 1. The predicted molar refractivity (Wildman–Crippen MR) is 267 cm³/mol. The summed E-state index contributed by atoms with van der Waals surface area (Å²) in [5.41, 5.74) is 11.6. The number of anilines is 1. The molecule has 18 nitrogen and oxygen atoms in total. The van der Waals surface area contributed by atoms with Gasteiger partial charge in [0.05, 0.1) is 17.3 Å². The lowest BCUT2D eigenvalue weighted by molar-refractivity contribution is -0.143. The molecule has 3 unspecified atom stereocenters. The smallest absolute Gasteiger partial charge is 0.336 e. The first-order valence-corrected chi connectivity index (χ1v) is 23.4. The lowest BCUT2D eigenvalue weighted by Gasteiger charge is -2.38. The van der Waals surface area contributed by atoms with Gasteiger partial charge in [0.1, 0.15) is 34.9 Å². The molecule has 2 heterocycles. The topological polar surface area (TPSA) is 282 Å². The van der Waals surface area contributed by atoms with E-state index in [2.05, 4.69) is 28.8 Å². The Hall–Kier alpha value is -7.90. The Morgan fingerprint density at radius 3 is 2.23 bits per heavy atom. The van der Waals surface area contributed by atoms with Gasteiger partial charge in [-0.05, 0) is 128 Å². The maximum Gasteiger partial charge on any atom is 0.336 e. The van der Waals surface area contributed by atoms with Crippen LogP contribution in [-0.4, -0.2) is 92.2 Å². The van der Waals surface area contributed by atoms with E-state index in [4.69, 9.17) is 10.2 Å². The summed E-state index contributed by atoms with van der Waals surface area (Å²) in [7, 11) is 0. The van der Waals surface area contributed by atoms with Crippen molar-refractivity contribution < 1.29 is 53.6 Å². The molecule has 2 aliphatic heterocycles. The number of nitrogens with zero attached hydrogens (tertiary/aromatic N) is 2. The fourth-order valence-electron chi connectivity index (χ4n) is 8.96. The van der Waals surface area contributed by atoms with Crippen LogP contribution in [0.1, 0.15) is 70.3 Å². The van der Waals surface area contributed by atoms with Crippen molar-refractivity contribution >= 4 is 65.2 Å². The number of urea groups is 1. The van der Waals surface area contributed by atoms with Gasteiger partial charge in [0, 0.05) is 61.1 Å². The van der Waals surface area contributed by atoms with Crippen molar-refractivity contribution in [3.8, 4) is 33.9 Å². The minimum Gasteiger partial charge on any atom is -0.508 e. The van der Waals surface area contributed by atoms with Crippen molar-refractivity contribution in [3.63, 3.8) is 0 Å². The number of carboxylic acids is 2. The SMILES string of the molecule is Cc1cc(O)cc(C)c1CC(N)C(=O)N1Cc2ccccc2CC1C(=O)NC(CCC(=O)O)C(=O)NCCCCCNC(=O)N(S)c1ccc(-c2c3ccc(=O)cc-3oc3cc(O)ccc23)c(C(=O)O)c1. The van der Waals surface area contributed by atoms with E-state index in [1.807, 2.05) is 38.1 Å². The minimum absolute atomic E-state index is 0.0908. The van der Waals surface area contributed by atoms with E-state index in [1.54, 1.807) is 18.2 Å². The summed E-state index contributed by atoms with van der Waals surface area (Å²) in [5.74, 6) is -3.99. The second-order valence-corrected chi connectivity index (χ2v) is 18.0. The number of carbonyl (C=O) groups is 6. The third-order valence-electron chi connectivity index (χ3n) is 12.6. The third kappa shape index (κ3) is 11.9. The molecule has 19 heteroatoms. The number of phenols is 2. The summed E-state index contributed by atoms with van der Waals surface area (Å²) in [6.07, 6.45) is 1.14. The number of hydrogen-bond acceptors (Lipinski definition) is 12. The fourth-order valence-corrected chi connectivity index (χ4v) is 9.16. The van der Waals surface area contributed by atoms with E-state index in [9.17, 15) is 54.0 Å². The Labute approximate surface area is 413 Å². The van der Waals surface area contributed by atoms with Gasteiger partial charge in [-0.2, -0.15) is 0 Å². The number of aryl methyl sites for hydroxylation is 2. The van der Waals surface area contributed by atoms with Gasteiger partial charge in [0.2, 0.25) is 17.7 Å². The molecular weight excluding hydrogens is 933 g/mol. The van der Waals surface area contributed by atoms with Gasteiger partial charge < -0.3 is 51.4 Å². The Morgan fingerprint density at radius 1 is 0.831 bits per heavy atom. The molecule has 0 aromatic heterocycles. The average Bonchev–Trinajstić information content (AvgIpc) is 3.33. The van der Waals surface area contributed by atoms with Crippen LogP contribution in [-0.2, 0) is 38.6 Å². The lowest BCUT2D eigenvalue weighted by Crippen LogP contribution is -2.59. The molecule has 0 saturated carbocycles. The maximum atomic E-state index is 14.1. The zero-order chi connectivity index (χ0) is 51.1. The highest BCUT2D eigenvalue weighted by Crippen LogP contribution is 2.43.